The van der Waals surface area contributed by atoms with Crippen molar-refractivity contribution < 1.29 is 9.84 Å². The van der Waals surface area contributed by atoms with E-state index in [4.69, 9.17) is 4.74 Å². The van der Waals surface area contributed by atoms with E-state index < -0.39 is 0 Å². The van der Waals surface area contributed by atoms with E-state index in [1.165, 1.54) is 5.56 Å². The number of benzene rings is 2. The summed E-state index contributed by atoms with van der Waals surface area (Å²) in [6.45, 7) is 4.30. The zero-order chi connectivity index (χ0) is 13.1. The van der Waals surface area contributed by atoms with E-state index in [1.54, 1.807) is 18.2 Å². The monoisotopic (exact) mass is 306 g/mol. The van der Waals surface area contributed by atoms with E-state index in [9.17, 15) is 5.11 Å². The predicted molar refractivity (Wildman–Crippen MR) is 76.4 cm³/mol. The molecule has 2 aromatic rings. The van der Waals surface area contributed by atoms with Gasteiger partial charge in [0.1, 0.15) is 17.2 Å². The molecule has 0 saturated heterocycles. The fourth-order valence-corrected chi connectivity index (χ4v) is 2.54. The Balaban J connectivity index is 2.23. The largest absolute Gasteiger partial charge is 0.508 e. The number of phenols is 1. The maximum Gasteiger partial charge on any atom is 0.131 e. The van der Waals surface area contributed by atoms with E-state index in [0.717, 1.165) is 10.2 Å². The van der Waals surface area contributed by atoms with Crippen LogP contribution in [0.1, 0.15) is 25.3 Å². The fourth-order valence-electron chi connectivity index (χ4n) is 1.72. The van der Waals surface area contributed by atoms with Crippen LogP contribution in [0.4, 0.5) is 0 Å². The quantitative estimate of drug-likeness (QED) is 0.857. The van der Waals surface area contributed by atoms with E-state index >= 15 is 0 Å². The molecule has 2 aromatic carbocycles. The number of halogens is 1. The van der Waals surface area contributed by atoms with Crippen molar-refractivity contribution in [3.8, 4) is 17.2 Å². The van der Waals surface area contributed by atoms with Gasteiger partial charge in [0, 0.05) is 10.5 Å². The van der Waals surface area contributed by atoms with Gasteiger partial charge in [-0.1, -0.05) is 41.9 Å². The minimum Gasteiger partial charge on any atom is -0.508 e. The minimum atomic E-state index is 0.199. The standard InChI is InChI=1S/C15H15BrO2/c1-10(2)14-7-6-13(9-15(14)16)18-12-5-3-4-11(17)8-12/h3-10,17H,1-2H3. The average molecular weight is 307 g/mol. The van der Waals surface area contributed by atoms with Crippen LogP contribution in [0.2, 0.25) is 0 Å². The molecule has 0 aliphatic rings. The minimum absolute atomic E-state index is 0.199. The molecule has 2 rings (SSSR count). The lowest BCUT2D eigenvalue weighted by molar-refractivity contribution is 0.455. The van der Waals surface area contributed by atoms with Gasteiger partial charge in [0.15, 0.2) is 0 Å². The Hall–Kier alpha value is -1.48. The third kappa shape index (κ3) is 3.05. The highest BCUT2D eigenvalue weighted by atomic mass is 79.9. The van der Waals surface area contributed by atoms with Gasteiger partial charge in [0.25, 0.3) is 0 Å². The van der Waals surface area contributed by atoms with Crippen molar-refractivity contribution in [3.63, 3.8) is 0 Å². The van der Waals surface area contributed by atoms with E-state index in [1.807, 2.05) is 24.3 Å². The van der Waals surface area contributed by atoms with Crippen molar-refractivity contribution >= 4 is 15.9 Å². The lowest BCUT2D eigenvalue weighted by atomic mass is 10.0. The van der Waals surface area contributed by atoms with E-state index in [0.29, 0.717) is 11.7 Å². The Morgan fingerprint density at radius 1 is 1.06 bits per heavy atom. The SMILES string of the molecule is CC(C)c1ccc(Oc2cccc(O)c2)cc1Br. The maximum absolute atomic E-state index is 9.37. The lowest BCUT2D eigenvalue weighted by Gasteiger charge is -2.11. The maximum atomic E-state index is 9.37. The Labute approximate surface area is 115 Å². The third-order valence-corrected chi connectivity index (χ3v) is 3.33. The van der Waals surface area contributed by atoms with Crippen LogP contribution in [0.25, 0.3) is 0 Å². The van der Waals surface area contributed by atoms with Crippen LogP contribution < -0.4 is 4.74 Å². The molecule has 0 radical (unpaired) electrons. The molecule has 18 heavy (non-hydrogen) atoms. The zero-order valence-corrected chi connectivity index (χ0v) is 11.9. The van der Waals surface area contributed by atoms with Crippen LogP contribution in [0.5, 0.6) is 17.2 Å². The van der Waals surface area contributed by atoms with Crippen LogP contribution in [0.3, 0.4) is 0 Å². The van der Waals surface area contributed by atoms with Gasteiger partial charge in [-0.15, -0.1) is 0 Å². The Morgan fingerprint density at radius 3 is 2.39 bits per heavy atom. The lowest BCUT2D eigenvalue weighted by Crippen LogP contribution is -1.90. The predicted octanol–water partition coefficient (Wildman–Crippen LogP) is 5.07. The summed E-state index contributed by atoms with van der Waals surface area (Å²) in [5.74, 6) is 2.04. The third-order valence-electron chi connectivity index (χ3n) is 2.65. The molecule has 0 aliphatic heterocycles. The summed E-state index contributed by atoms with van der Waals surface area (Å²) in [6.07, 6.45) is 0. The van der Waals surface area contributed by atoms with Gasteiger partial charge in [0.05, 0.1) is 0 Å². The molecule has 0 saturated carbocycles. The molecular formula is C15H15BrO2. The first-order chi connectivity index (χ1) is 8.56. The first-order valence-electron chi connectivity index (χ1n) is 5.82. The van der Waals surface area contributed by atoms with Crippen molar-refractivity contribution in [2.45, 2.75) is 19.8 Å². The number of hydrogen-bond donors (Lipinski definition) is 1. The van der Waals surface area contributed by atoms with Crippen molar-refractivity contribution in [1.29, 1.82) is 0 Å². The molecule has 0 atom stereocenters. The molecular weight excluding hydrogens is 292 g/mol. The topological polar surface area (TPSA) is 29.5 Å². The second-order valence-corrected chi connectivity index (χ2v) is 5.29. The summed E-state index contributed by atoms with van der Waals surface area (Å²) < 4.78 is 6.72. The van der Waals surface area contributed by atoms with Gasteiger partial charge < -0.3 is 9.84 Å². The Morgan fingerprint density at radius 2 is 1.78 bits per heavy atom. The van der Waals surface area contributed by atoms with Crippen LogP contribution in [-0.4, -0.2) is 5.11 Å². The van der Waals surface area contributed by atoms with E-state index in [2.05, 4.69) is 29.8 Å². The van der Waals surface area contributed by atoms with Gasteiger partial charge in [-0.05, 0) is 35.7 Å². The van der Waals surface area contributed by atoms with Crippen LogP contribution in [0.15, 0.2) is 46.9 Å². The first-order valence-corrected chi connectivity index (χ1v) is 6.62. The van der Waals surface area contributed by atoms with Crippen LogP contribution in [0, 0.1) is 0 Å². The molecule has 0 heterocycles. The van der Waals surface area contributed by atoms with Gasteiger partial charge in [-0.3, -0.25) is 0 Å². The number of aromatic hydroxyl groups is 1. The van der Waals surface area contributed by atoms with Gasteiger partial charge in [-0.25, -0.2) is 0 Å². The number of phenolic OH excluding ortho intramolecular Hbond substituents is 1. The second kappa shape index (κ2) is 5.44. The van der Waals surface area contributed by atoms with E-state index in [-0.39, 0.29) is 5.75 Å². The molecule has 0 fully saturated rings. The molecule has 0 amide bonds. The summed E-state index contributed by atoms with van der Waals surface area (Å²) in [7, 11) is 0. The van der Waals surface area contributed by atoms with Gasteiger partial charge in [0.2, 0.25) is 0 Å². The Kier molecular flexibility index (Phi) is 3.92. The van der Waals surface area contributed by atoms with Crippen molar-refractivity contribution in [2.24, 2.45) is 0 Å². The highest BCUT2D eigenvalue weighted by Gasteiger charge is 2.06. The van der Waals surface area contributed by atoms with Gasteiger partial charge >= 0.3 is 0 Å². The molecule has 0 bridgehead atoms. The Bertz CT molecular complexity index is 550. The smallest absolute Gasteiger partial charge is 0.131 e. The van der Waals surface area contributed by atoms with Crippen molar-refractivity contribution in [2.75, 3.05) is 0 Å². The van der Waals surface area contributed by atoms with Crippen LogP contribution >= 0.6 is 15.9 Å². The normalized spacial score (nSPS) is 10.7. The van der Waals surface area contributed by atoms with Crippen molar-refractivity contribution in [3.05, 3.63) is 52.5 Å². The molecule has 0 aliphatic carbocycles. The molecule has 0 aromatic heterocycles. The molecule has 1 N–H and O–H groups in total. The second-order valence-electron chi connectivity index (χ2n) is 4.44. The molecule has 0 spiro atoms. The van der Waals surface area contributed by atoms with Crippen LogP contribution in [-0.2, 0) is 0 Å². The fraction of sp³-hybridized carbons (Fsp3) is 0.200. The summed E-state index contributed by atoms with van der Waals surface area (Å²) in [4.78, 5) is 0. The highest BCUT2D eigenvalue weighted by Crippen LogP contribution is 2.31. The summed E-state index contributed by atoms with van der Waals surface area (Å²) >= 11 is 3.55. The summed E-state index contributed by atoms with van der Waals surface area (Å²) in [5.41, 5.74) is 1.25. The summed E-state index contributed by atoms with van der Waals surface area (Å²) in [6, 6.07) is 12.7. The average Bonchev–Trinajstić information content (AvgIpc) is 2.28. The summed E-state index contributed by atoms with van der Waals surface area (Å²) in [5, 5.41) is 9.37. The number of hydrogen-bond acceptors (Lipinski definition) is 2. The molecule has 94 valence electrons. The highest BCUT2D eigenvalue weighted by molar-refractivity contribution is 9.10. The zero-order valence-electron chi connectivity index (χ0n) is 10.4. The molecule has 0 unspecified atom stereocenters. The van der Waals surface area contributed by atoms with Crippen molar-refractivity contribution in [1.82, 2.24) is 0 Å². The molecule has 3 heteroatoms. The van der Waals surface area contributed by atoms with Gasteiger partial charge in [-0.2, -0.15) is 0 Å². The number of ether oxygens (including phenoxy) is 1. The number of rotatable bonds is 3. The molecule has 2 nitrogen and oxygen atoms in total. The first kappa shape index (κ1) is 13.0.